The summed E-state index contributed by atoms with van der Waals surface area (Å²) in [5.74, 6) is 0. The van der Waals surface area contributed by atoms with Gasteiger partial charge in [-0.15, -0.1) is 0 Å². The smallest absolute Gasteiger partial charge is 0.0912 e. The second-order valence-electron chi connectivity index (χ2n) is 14.4. The molecule has 2 heterocycles. The lowest BCUT2D eigenvalue weighted by atomic mass is 9.32. The molecule has 226 valence electrons. The molecule has 0 atom stereocenters. The van der Waals surface area contributed by atoms with Crippen molar-refractivity contribution in [3.63, 3.8) is 0 Å². The van der Waals surface area contributed by atoms with E-state index in [1.165, 1.54) is 90.2 Å². The zero-order valence-corrected chi connectivity index (χ0v) is 28.9. The molecule has 0 bridgehead atoms. The van der Waals surface area contributed by atoms with E-state index in [0.29, 0.717) is 0 Å². The molecular formula is C44H32B2S2. The highest BCUT2D eigenvalue weighted by Crippen LogP contribution is 2.38. The molecule has 0 saturated carbocycles. The van der Waals surface area contributed by atoms with E-state index < -0.39 is 0 Å². The van der Waals surface area contributed by atoms with Crippen LogP contribution in [-0.4, -0.2) is 13.4 Å². The van der Waals surface area contributed by atoms with Gasteiger partial charge in [-0.05, 0) is 67.6 Å². The quantitative estimate of drug-likeness (QED) is 0.139. The van der Waals surface area contributed by atoms with E-state index in [1.54, 1.807) is 0 Å². The summed E-state index contributed by atoms with van der Waals surface area (Å²) in [6, 6.07) is 53.4. The highest BCUT2D eigenvalue weighted by molar-refractivity contribution is 8.00. The maximum atomic E-state index is 2.60. The predicted molar refractivity (Wildman–Crippen MR) is 212 cm³/mol. The minimum Gasteiger partial charge on any atom is -0.0912 e. The van der Waals surface area contributed by atoms with E-state index in [4.69, 9.17) is 0 Å². The Kier molecular flexibility index (Phi) is 6.30. The predicted octanol–water partition coefficient (Wildman–Crippen LogP) is 7.84. The monoisotopic (exact) mass is 646 g/mol. The molecule has 0 unspecified atom stereocenters. The molecule has 0 aromatic heterocycles. The van der Waals surface area contributed by atoms with Gasteiger partial charge in [-0.25, -0.2) is 0 Å². The summed E-state index contributed by atoms with van der Waals surface area (Å²) < 4.78 is 0. The maximum Gasteiger partial charge on any atom is 0.244 e. The first-order valence-electron chi connectivity index (χ1n) is 16.9. The molecule has 48 heavy (non-hydrogen) atoms. The number of benzene rings is 8. The van der Waals surface area contributed by atoms with Crippen molar-refractivity contribution in [2.75, 3.05) is 0 Å². The lowest BCUT2D eigenvalue weighted by molar-refractivity contribution is 0.591. The molecule has 0 aliphatic carbocycles. The Morgan fingerprint density at radius 3 is 1.15 bits per heavy atom. The highest BCUT2D eigenvalue weighted by Gasteiger charge is 2.37. The zero-order chi connectivity index (χ0) is 32.1. The number of fused-ring (bicyclic) bond motifs is 4. The van der Waals surface area contributed by atoms with Gasteiger partial charge in [0, 0.05) is 19.6 Å². The minimum atomic E-state index is 0.0706. The molecule has 0 fully saturated rings. The Morgan fingerprint density at radius 1 is 0.396 bits per heavy atom. The van der Waals surface area contributed by atoms with Gasteiger partial charge in [0.2, 0.25) is 13.4 Å². The molecule has 4 heteroatoms. The second kappa shape index (κ2) is 10.6. The van der Waals surface area contributed by atoms with Gasteiger partial charge in [0.25, 0.3) is 0 Å². The lowest BCUT2D eigenvalue weighted by Crippen LogP contribution is -2.59. The van der Waals surface area contributed by atoms with Crippen LogP contribution >= 0.6 is 23.5 Å². The van der Waals surface area contributed by atoms with Crippen LogP contribution in [-0.2, 0) is 5.41 Å². The first kappa shape index (κ1) is 28.6. The van der Waals surface area contributed by atoms with E-state index in [2.05, 4.69) is 160 Å². The van der Waals surface area contributed by atoms with Gasteiger partial charge >= 0.3 is 0 Å². The fourth-order valence-corrected chi connectivity index (χ4v) is 10.6. The Balaban J connectivity index is 1.37. The zero-order valence-electron chi connectivity index (χ0n) is 27.3. The normalized spacial score (nSPS) is 13.9. The maximum absolute atomic E-state index is 2.60. The van der Waals surface area contributed by atoms with Crippen LogP contribution in [0.15, 0.2) is 159 Å². The van der Waals surface area contributed by atoms with Crippen molar-refractivity contribution in [1.29, 1.82) is 0 Å². The van der Waals surface area contributed by atoms with E-state index in [-0.39, 0.29) is 18.8 Å². The van der Waals surface area contributed by atoms with Gasteiger partial charge in [-0.2, -0.15) is 0 Å². The fraction of sp³-hybridized carbons (Fsp3) is 0.0909. The molecule has 0 nitrogen and oxygen atoms in total. The van der Waals surface area contributed by atoms with Crippen LogP contribution in [0.4, 0.5) is 0 Å². The van der Waals surface area contributed by atoms with E-state index in [1.807, 2.05) is 23.5 Å². The third kappa shape index (κ3) is 4.22. The van der Waals surface area contributed by atoms with Crippen LogP contribution in [0.5, 0.6) is 0 Å². The van der Waals surface area contributed by atoms with Crippen LogP contribution in [0.3, 0.4) is 0 Å². The van der Waals surface area contributed by atoms with Crippen LogP contribution in [0.25, 0.3) is 32.3 Å². The fourth-order valence-electron chi connectivity index (χ4n) is 8.37. The Morgan fingerprint density at radius 2 is 0.771 bits per heavy atom. The summed E-state index contributed by atoms with van der Waals surface area (Å²) in [6.45, 7) is 7.23. The minimum absolute atomic E-state index is 0.0706. The first-order chi connectivity index (χ1) is 23.4. The van der Waals surface area contributed by atoms with Crippen molar-refractivity contribution in [3.8, 4) is 0 Å². The van der Waals surface area contributed by atoms with Crippen molar-refractivity contribution in [1.82, 2.24) is 0 Å². The molecule has 8 aromatic rings. The van der Waals surface area contributed by atoms with Gasteiger partial charge in [0.15, 0.2) is 0 Å². The molecule has 10 rings (SSSR count). The number of rotatable bonds is 2. The van der Waals surface area contributed by atoms with Crippen molar-refractivity contribution in [3.05, 3.63) is 145 Å². The van der Waals surface area contributed by atoms with E-state index in [9.17, 15) is 0 Å². The van der Waals surface area contributed by atoms with Crippen molar-refractivity contribution >= 4 is 102 Å². The standard InChI is InChI=1S/C44H32B2S2/c1-44(2,3)29-24-27-20-22-30-36(45-32-12-4-8-16-38(32)47-39-17-9-5-13-33(39)45)26-37(31-23-21-28(25-29)42(27)43(30)31)46-34-14-6-10-18-40(34)48-41-19-11-7-15-35(41)46/h4-26H,1-3H3. The van der Waals surface area contributed by atoms with Crippen molar-refractivity contribution in [2.24, 2.45) is 0 Å². The van der Waals surface area contributed by atoms with Gasteiger partial charge in [0.1, 0.15) is 0 Å². The topological polar surface area (TPSA) is 0 Å². The van der Waals surface area contributed by atoms with Crippen LogP contribution in [0, 0.1) is 0 Å². The third-order valence-electron chi connectivity index (χ3n) is 10.6. The molecule has 0 radical (unpaired) electrons. The van der Waals surface area contributed by atoms with Gasteiger partial charge < -0.3 is 0 Å². The van der Waals surface area contributed by atoms with Crippen LogP contribution in [0.2, 0.25) is 0 Å². The molecule has 2 aliphatic heterocycles. The largest absolute Gasteiger partial charge is 0.244 e. The number of hydrogen-bond acceptors (Lipinski definition) is 2. The Hall–Kier alpha value is -4.37. The summed E-state index contributed by atoms with van der Waals surface area (Å²) in [4.78, 5) is 5.42. The Labute approximate surface area is 291 Å². The molecular weight excluding hydrogens is 614 g/mol. The molecule has 0 spiro atoms. The summed E-state index contributed by atoms with van der Waals surface area (Å²) >= 11 is 3.82. The van der Waals surface area contributed by atoms with Gasteiger partial charge in [0.05, 0.1) is 0 Å². The highest BCUT2D eigenvalue weighted by atomic mass is 32.2. The molecule has 8 aromatic carbocycles. The van der Waals surface area contributed by atoms with Gasteiger partial charge in [-0.1, -0.05) is 192 Å². The lowest BCUT2D eigenvalue weighted by Gasteiger charge is -2.31. The summed E-state index contributed by atoms with van der Waals surface area (Å²) in [7, 11) is 0. The van der Waals surface area contributed by atoms with Crippen LogP contribution in [0.1, 0.15) is 26.3 Å². The summed E-state index contributed by atoms with van der Waals surface area (Å²) in [5.41, 5.74) is 9.86. The Bertz CT molecular complexity index is 2320. The summed E-state index contributed by atoms with van der Waals surface area (Å²) in [6.07, 6.45) is 0. The van der Waals surface area contributed by atoms with Crippen molar-refractivity contribution < 1.29 is 0 Å². The van der Waals surface area contributed by atoms with Crippen LogP contribution < -0.4 is 32.8 Å². The SMILES string of the molecule is CC(C)(C)c1cc2ccc3c(B4c5ccccc5Sc5ccccc54)cc(B4c5ccccc5Sc5ccccc54)c4ccc(c1)c2c34. The summed E-state index contributed by atoms with van der Waals surface area (Å²) in [5, 5.41) is 8.18. The molecule has 0 N–H and O–H groups in total. The molecule has 0 amide bonds. The second-order valence-corrected chi connectivity index (χ2v) is 16.6. The molecule has 2 aliphatic rings. The van der Waals surface area contributed by atoms with E-state index >= 15 is 0 Å². The first-order valence-corrected chi connectivity index (χ1v) is 18.5. The van der Waals surface area contributed by atoms with Gasteiger partial charge in [-0.3, -0.25) is 0 Å². The average Bonchev–Trinajstić information content (AvgIpc) is 3.11. The molecule has 0 saturated heterocycles. The number of hydrogen-bond donors (Lipinski definition) is 0. The third-order valence-corrected chi connectivity index (χ3v) is 13.0. The van der Waals surface area contributed by atoms with Crippen molar-refractivity contribution in [2.45, 2.75) is 45.8 Å². The van der Waals surface area contributed by atoms with E-state index in [0.717, 1.165) is 0 Å². The average molecular weight is 646 g/mol.